The molecule has 0 aromatic heterocycles. The number of benzene rings is 1. The molecular formula is C12H14BrFN2OS2. The Kier molecular flexibility index (Phi) is 5.41. The zero-order valence-electron chi connectivity index (χ0n) is 10.1. The van der Waals surface area contributed by atoms with Crippen LogP contribution in [0.15, 0.2) is 16.6 Å². The average Bonchev–Trinajstić information content (AvgIpc) is 2.41. The number of thioether (sulfide) groups is 2. The number of hydrogen-bond donors (Lipinski definition) is 2. The van der Waals surface area contributed by atoms with Crippen molar-refractivity contribution in [2.45, 2.75) is 5.25 Å². The number of halogens is 2. The number of carbonyl (C=O) groups excluding carboxylic acids is 1. The van der Waals surface area contributed by atoms with Gasteiger partial charge in [0.2, 0.25) is 0 Å². The Balaban J connectivity index is 1.97. The third-order valence-corrected chi connectivity index (χ3v) is 6.21. The summed E-state index contributed by atoms with van der Waals surface area (Å²) in [6.45, 7) is 0.625. The van der Waals surface area contributed by atoms with E-state index in [1.54, 1.807) is 0 Å². The molecule has 2 rings (SSSR count). The molecule has 1 aliphatic rings. The minimum atomic E-state index is -0.525. The van der Waals surface area contributed by atoms with Crippen molar-refractivity contribution in [3.8, 4) is 0 Å². The highest BCUT2D eigenvalue weighted by molar-refractivity contribution is 9.10. The number of rotatable bonds is 3. The Morgan fingerprint density at radius 2 is 2.32 bits per heavy atom. The average molecular weight is 365 g/mol. The van der Waals surface area contributed by atoms with E-state index < -0.39 is 5.82 Å². The van der Waals surface area contributed by atoms with E-state index >= 15 is 0 Å². The third kappa shape index (κ3) is 4.03. The van der Waals surface area contributed by atoms with Crippen LogP contribution in [0.2, 0.25) is 0 Å². The number of nitrogens with two attached hydrogens (primary N) is 1. The van der Waals surface area contributed by atoms with Crippen LogP contribution in [-0.2, 0) is 0 Å². The predicted octanol–water partition coefficient (Wildman–Crippen LogP) is 2.75. The van der Waals surface area contributed by atoms with Gasteiger partial charge in [-0.2, -0.15) is 23.5 Å². The normalized spacial score (nSPS) is 19.2. The van der Waals surface area contributed by atoms with Gasteiger partial charge in [-0.15, -0.1) is 0 Å². The summed E-state index contributed by atoms with van der Waals surface area (Å²) in [7, 11) is 0. The van der Waals surface area contributed by atoms with Gasteiger partial charge < -0.3 is 11.1 Å². The quantitative estimate of drug-likeness (QED) is 0.809. The van der Waals surface area contributed by atoms with Gasteiger partial charge in [-0.25, -0.2) is 4.39 Å². The molecule has 1 atom stereocenters. The van der Waals surface area contributed by atoms with Crippen LogP contribution in [0.4, 0.5) is 10.1 Å². The van der Waals surface area contributed by atoms with E-state index in [1.807, 2.05) is 23.5 Å². The highest BCUT2D eigenvalue weighted by Crippen LogP contribution is 2.25. The maximum absolute atomic E-state index is 13.2. The number of carbonyl (C=O) groups is 1. The zero-order valence-corrected chi connectivity index (χ0v) is 13.3. The topological polar surface area (TPSA) is 55.1 Å². The van der Waals surface area contributed by atoms with Crippen LogP contribution < -0.4 is 11.1 Å². The molecule has 1 heterocycles. The van der Waals surface area contributed by atoms with Crippen molar-refractivity contribution in [3.63, 3.8) is 0 Å². The highest BCUT2D eigenvalue weighted by atomic mass is 79.9. The first kappa shape index (κ1) is 15.0. The molecule has 1 aliphatic heterocycles. The molecule has 3 nitrogen and oxygen atoms in total. The Labute approximate surface area is 128 Å². The maximum atomic E-state index is 13.2. The first-order valence-corrected chi connectivity index (χ1v) is 8.79. The van der Waals surface area contributed by atoms with Crippen molar-refractivity contribution in [1.82, 2.24) is 5.32 Å². The predicted molar refractivity (Wildman–Crippen MR) is 84.4 cm³/mol. The lowest BCUT2D eigenvalue weighted by atomic mass is 10.2. The molecule has 0 aliphatic carbocycles. The number of amides is 1. The monoisotopic (exact) mass is 364 g/mol. The second kappa shape index (κ2) is 6.85. The van der Waals surface area contributed by atoms with Crippen molar-refractivity contribution in [2.24, 2.45) is 0 Å². The van der Waals surface area contributed by atoms with Crippen LogP contribution >= 0.6 is 39.5 Å². The molecular weight excluding hydrogens is 351 g/mol. The largest absolute Gasteiger partial charge is 0.396 e. The van der Waals surface area contributed by atoms with Gasteiger partial charge in [-0.1, -0.05) is 0 Å². The molecule has 19 heavy (non-hydrogen) atoms. The van der Waals surface area contributed by atoms with Crippen LogP contribution in [0.5, 0.6) is 0 Å². The van der Waals surface area contributed by atoms with Crippen LogP contribution in [0.1, 0.15) is 10.4 Å². The van der Waals surface area contributed by atoms with Gasteiger partial charge in [0.25, 0.3) is 5.91 Å². The van der Waals surface area contributed by atoms with Crippen LogP contribution in [0.25, 0.3) is 0 Å². The summed E-state index contributed by atoms with van der Waals surface area (Å²) in [6, 6.07) is 2.58. The fraction of sp³-hybridized carbons (Fsp3) is 0.417. The van der Waals surface area contributed by atoms with Crippen LogP contribution in [0.3, 0.4) is 0 Å². The van der Waals surface area contributed by atoms with E-state index in [-0.39, 0.29) is 11.6 Å². The van der Waals surface area contributed by atoms with Crippen LogP contribution in [-0.4, -0.2) is 35.0 Å². The summed E-state index contributed by atoms with van der Waals surface area (Å²) >= 11 is 6.97. The van der Waals surface area contributed by atoms with Gasteiger partial charge in [0.15, 0.2) is 0 Å². The van der Waals surface area contributed by atoms with Gasteiger partial charge in [0, 0.05) is 33.5 Å². The first-order valence-electron chi connectivity index (χ1n) is 5.80. The van der Waals surface area contributed by atoms with Gasteiger partial charge in [-0.3, -0.25) is 4.79 Å². The van der Waals surface area contributed by atoms with Crippen molar-refractivity contribution in [3.05, 3.63) is 28.0 Å². The molecule has 1 aromatic carbocycles. The summed E-state index contributed by atoms with van der Waals surface area (Å²) in [5.74, 6) is 2.60. The minimum Gasteiger partial charge on any atom is -0.396 e. The van der Waals surface area contributed by atoms with Gasteiger partial charge in [-0.05, 0) is 28.1 Å². The van der Waals surface area contributed by atoms with Crippen LogP contribution in [0, 0.1) is 5.82 Å². The summed E-state index contributed by atoms with van der Waals surface area (Å²) < 4.78 is 13.6. The highest BCUT2D eigenvalue weighted by Gasteiger charge is 2.17. The van der Waals surface area contributed by atoms with E-state index in [2.05, 4.69) is 21.2 Å². The SMILES string of the molecule is Nc1cc(C(=O)NCC2CSCCS2)c(Br)cc1F. The van der Waals surface area contributed by atoms with E-state index in [9.17, 15) is 9.18 Å². The molecule has 0 radical (unpaired) electrons. The molecule has 3 N–H and O–H groups in total. The lowest BCUT2D eigenvalue weighted by Crippen LogP contribution is -2.33. The Morgan fingerprint density at radius 1 is 1.53 bits per heavy atom. The molecule has 0 bridgehead atoms. The van der Waals surface area contributed by atoms with E-state index in [0.717, 1.165) is 11.5 Å². The summed E-state index contributed by atoms with van der Waals surface area (Å²) in [5.41, 5.74) is 5.83. The second-order valence-corrected chi connectivity index (χ2v) is 7.54. The fourth-order valence-electron chi connectivity index (χ4n) is 1.70. The summed E-state index contributed by atoms with van der Waals surface area (Å²) in [5, 5.41) is 3.32. The van der Waals surface area contributed by atoms with Gasteiger partial charge in [0.05, 0.1) is 11.3 Å². The van der Waals surface area contributed by atoms with Crippen molar-refractivity contribution < 1.29 is 9.18 Å². The molecule has 0 saturated carbocycles. The molecule has 1 unspecified atom stereocenters. The van der Waals surface area contributed by atoms with Gasteiger partial charge >= 0.3 is 0 Å². The molecule has 0 spiro atoms. The molecule has 1 aromatic rings. The maximum Gasteiger partial charge on any atom is 0.252 e. The smallest absolute Gasteiger partial charge is 0.252 e. The number of anilines is 1. The fourth-order valence-corrected chi connectivity index (χ4v) is 4.80. The minimum absolute atomic E-state index is 0.0176. The van der Waals surface area contributed by atoms with Crippen molar-refractivity contribution >= 4 is 51.0 Å². The number of nitrogens with one attached hydrogen (secondary N) is 1. The molecule has 1 fully saturated rings. The molecule has 1 saturated heterocycles. The molecule has 7 heteroatoms. The van der Waals surface area contributed by atoms with E-state index in [4.69, 9.17) is 5.73 Å². The Bertz CT molecular complexity index is 481. The molecule has 104 valence electrons. The van der Waals surface area contributed by atoms with E-state index in [0.29, 0.717) is 21.8 Å². The Hall–Kier alpha value is -0.400. The summed E-state index contributed by atoms with van der Waals surface area (Å²) in [4.78, 5) is 12.0. The standard InChI is InChI=1S/C12H14BrFN2OS2/c13-9-4-10(14)11(15)3-8(9)12(17)16-5-7-6-18-1-2-19-7/h3-4,7H,1-2,5-6,15H2,(H,16,17). The van der Waals surface area contributed by atoms with Gasteiger partial charge in [0.1, 0.15) is 5.82 Å². The third-order valence-electron chi connectivity index (χ3n) is 2.71. The lowest BCUT2D eigenvalue weighted by Gasteiger charge is -2.21. The van der Waals surface area contributed by atoms with E-state index in [1.165, 1.54) is 17.9 Å². The number of nitrogen functional groups attached to an aromatic ring is 1. The van der Waals surface area contributed by atoms with Crippen molar-refractivity contribution in [1.29, 1.82) is 0 Å². The lowest BCUT2D eigenvalue weighted by molar-refractivity contribution is 0.0953. The summed E-state index contributed by atoms with van der Waals surface area (Å²) in [6.07, 6.45) is 0. The molecule has 1 amide bonds. The zero-order chi connectivity index (χ0) is 13.8. The second-order valence-electron chi connectivity index (χ2n) is 4.13. The van der Waals surface area contributed by atoms with Crippen molar-refractivity contribution in [2.75, 3.05) is 29.5 Å². The first-order chi connectivity index (χ1) is 9.08. The Morgan fingerprint density at radius 3 is 3.00 bits per heavy atom. The number of hydrogen-bond acceptors (Lipinski definition) is 4.